The zero-order valence-corrected chi connectivity index (χ0v) is 12.0. The molecule has 2 aliphatic rings. The van der Waals surface area contributed by atoms with Gasteiger partial charge >= 0.3 is 5.69 Å². The Morgan fingerprint density at radius 1 is 1.18 bits per heavy atom. The van der Waals surface area contributed by atoms with Crippen molar-refractivity contribution in [3.8, 4) is 0 Å². The highest BCUT2D eigenvalue weighted by Crippen LogP contribution is 2.37. The second-order valence-corrected chi connectivity index (χ2v) is 6.06. The number of H-pyrrole nitrogens is 1. The summed E-state index contributed by atoms with van der Waals surface area (Å²) in [4.78, 5) is 43.2. The van der Waals surface area contributed by atoms with Gasteiger partial charge in [0, 0.05) is 30.3 Å². The first-order chi connectivity index (χ1) is 10.6. The van der Waals surface area contributed by atoms with Crippen LogP contribution in [0.2, 0.25) is 0 Å². The van der Waals surface area contributed by atoms with Gasteiger partial charge in [0.05, 0.1) is 12.2 Å². The number of nitrogens with one attached hydrogen (secondary N) is 1. The molecular weight excluding hydrogens is 284 g/mol. The van der Waals surface area contributed by atoms with Gasteiger partial charge in [-0.2, -0.15) is 0 Å². The Morgan fingerprint density at radius 3 is 2.64 bits per heavy atom. The lowest BCUT2D eigenvalue weighted by molar-refractivity contribution is 0.583. The monoisotopic (exact) mass is 300 g/mol. The van der Waals surface area contributed by atoms with E-state index in [0.29, 0.717) is 17.4 Å². The van der Waals surface area contributed by atoms with E-state index >= 15 is 0 Å². The van der Waals surface area contributed by atoms with Gasteiger partial charge in [-0.05, 0) is 25.7 Å². The average Bonchev–Trinajstić information content (AvgIpc) is 3.36. The lowest BCUT2D eigenvalue weighted by atomic mass is 10.3. The first kappa shape index (κ1) is 13.2. The van der Waals surface area contributed by atoms with Gasteiger partial charge in [0.2, 0.25) is 0 Å². The predicted molar refractivity (Wildman–Crippen MR) is 79.2 cm³/mol. The highest BCUT2D eigenvalue weighted by atomic mass is 16.2. The first-order valence-electron chi connectivity index (χ1n) is 7.54. The Kier molecular flexibility index (Phi) is 2.88. The molecule has 0 radical (unpaired) electrons. The van der Waals surface area contributed by atoms with E-state index in [2.05, 4.69) is 9.97 Å². The van der Waals surface area contributed by atoms with Gasteiger partial charge in [-0.25, -0.2) is 9.78 Å². The van der Waals surface area contributed by atoms with Crippen LogP contribution in [0.15, 0.2) is 32.7 Å². The van der Waals surface area contributed by atoms with Crippen LogP contribution in [-0.2, 0) is 6.54 Å². The maximum atomic E-state index is 12.4. The summed E-state index contributed by atoms with van der Waals surface area (Å²) in [5.74, 6) is 0.970. The molecule has 7 nitrogen and oxygen atoms in total. The van der Waals surface area contributed by atoms with Gasteiger partial charge in [-0.3, -0.25) is 18.7 Å². The summed E-state index contributed by atoms with van der Waals surface area (Å²) in [5.41, 5.74) is -0.473. The average molecular weight is 300 g/mol. The molecule has 0 spiro atoms. The topological polar surface area (TPSA) is 89.8 Å². The van der Waals surface area contributed by atoms with E-state index in [-0.39, 0.29) is 29.4 Å². The summed E-state index contributed by atoms with van der Waals surface area (Å²) in [6, 6.07) is 2.95. The molecule has 2 fully saturated rings. The fraction of sp³-hybridized carbons (Fsp3) is 0.467. The molecule has 1 N–H and O–H groups in total. The van der Waals surface area contributed by atoms with Crippen molar-refractivity contribution < 1.29 is 0 Å². The minimum absolute atomic E-state index is 0.0366. The molecule has 2 heterocycles. The van der Waals surface area contributed by atoms with Gasteiger partial charge in [-0.15, -0.1) is 0 Å². The maximum Gasteiger partial charge on any atom is 0.331 e. The van der Waals surface area contributed by atoms with Crippen LogP contribution in [0, 0.1) is 0 Å². The van der Waals surface area contributed by atoms with E-state index in [0.717, 1.165) is 30.3 Å². The Bertz CT molecular complexity index is 900. The van der Waals surface area contributed by atoms with E-state index in [1.165, 1.54) is 12.1 Å². The molecule has 0 aliphatic heterocycles. The zero-order valence-electron chi connectivity index (χ0n) is 12.0. The van der Waals surface area contributed by atoms with Crippen LogP contribution in [0.1, 0.15) is 49.2 Å². The number of aromatic amines is 1. The molecular formula is C15H16N4O3. The molecule has 114 valence electrons. The molecule has 0 amide bonds. The van der Waals surface area contributed by atoms with E-state index < -0.39 is 0 Å². The Hall–Kier alpha value is -2.44. The minimum atomic E-state index is -0.364. The van der Waals surface area contributed by atoms with Crippen molar-refractivity contribution in [3.63, 3.8) is 0 Å². The molecule has 7 heteroatoms. The van der Waals surface area contributed by atoms with Crippen LogP contribution >= 0.6 is 0 Å². The third kappa shape index (κ3) is 2.43. The van der Waals surface area contributed by atoms with Crippen LogP contribution in [0.3, 0.4) is 0 Å². The Balaban J connectivity index is 1.74. The van der Waals surface area contributed by atoms with Crippen molar-refractivity contribution in [3.05, 3.63) is 61.0 Å². The van der Waals surface area contributed by atoms with Crippen LogP contribution < -0.4 is 16.8 Å². The van der Waals surface area contributed by atoms with Gasteiger partial charge in [0.1, 0.15) is 5.82 Å². The zero-order chi connectivity index (χ0) is 15.3. The largest absolute Gasteiger partial charge is 0.331 e. The Morgan fingerprint density at radius 2 is 1.95 bits per heavy atom. The highest BCUT2D eigenvalue weighted by molar-refractivity contribution is 5.11. The van der Waals surface area contributed by atoms with Crippen molar-refractivity contribution in [1.82, 2.24) is 19.1 Å². The second-order valence-electron chi connectivity index (χ2n) is 6.06. The number of hydrogen-bond donors (Lipinski definition) is 1. The summed E-state index contributed by atoms with van der Waals surface area (Å²) in [6.45, 7) is 0.0366. The molecule has 0 unspecified atom stereocenters. The van der Waals surface area contributed by atoms with Crippen molar-refractivity contribution in [2.45, 2.75) is 44.2 Å². The lowest BCUT2D eigenvalue weighted by Gasteiger charge is -2.09. The summed E-state index contributed by atoms with van der Waals surface area (Å²) in [7, 11) is 0. The molecule has 2 saturated carbocycles. The van der Waals surface area contributed by atoms with Crippen LogP contribution in [0.5, 0.6) is 0 Å². The van der Waals surface area contributed by atoms with Crippen LogP contribution in [0.4, 0.5) is 0 Å². The van der Waals surface area contributed by atoms with E-state index in [1.54, 1.807) is 10.8 Å². The molecule has 4 rings (SSSR count). The third-order valence-electron chi connectivity index (χ3n) is 4.13. The molecule has 2 aromatic rings. The number of rotatable bonds is 4. The molecule has 0 saturated heterocycles. The van der Waals surface area contributed by atoms with Crippen molar-refractivity contribution in [2.75, 3.05) is 0 Å². The normalized spacial score (nSPS) is 17.6. The fourth-order valence-corrected chi connectivity index (χ4v) is 2.63. The van der Waals surface area contributed by atoms with Crippen molar-refractivity contribution in [2.24, 2.45) is 0 Å². The highest BCUT2D eigenvalue weighted by Gasteiger charge is 2.27. The van der Waals surface area contributed by atoms with E-state index in [4.69, 9.17) is 0 Å². The summed E-state index contributed by atoms with van der Waals surface area (Å²) in [6.07, 6.45) is 5.53. The smallest absolute Gasteiger partial charge is 0.310 e. The third-order valence-corrected chi connectivity index (χ3v) is 4.13. The summed E-state index contributed by atoms with van der Waals surface area (Å²) in [5, 5.41) is 0. The van der Waals surface area contributed by atoms with Crippen LogP contribution in [0.25, 0.3) is 0 Å². The standard InChI is InChI=1S/C15H16N4O3/c20-12-7-10(16-14(17-12)9-1-2-9)8-19-13(21)5-6-18(15(19)22)11-3-4-11/h5-7,9,11H,1-4,8H2,(H,16,17,20). The van der Waals surface area contributed by atoms with E-state index in [9.17, 15) is 14.4 Å². The molecule has 0 atom stereocenters. The number of hydrogen-bond acceptors (Lipinski definition) is 4. The fourth-order valence-electron chi connectivity index (χ4n) is 2.63. The lowest BCUT2D eigenvalue weighted by Crippen LogP contribution is -2.39. The summed E-state index contributed by atoms with van der Waals surface area (Å²) < 4.78 is 2.74. The molecule has 0 bridgehead atoms. The number of aromatic nitrogens is 4. The van der Waals surface area contributed by atoms with Gasteiger partial charge in [0.15, 0.2) is 0 Å². The predicted octanol–water partition coefficient (Wildman–Crippen LogP) is 0.354. The van der Waals surface area contributed by atoms with E-state index in [1.807, 2.05) is 0 Å². The number of nitrogens with zero attached hydrogens (tertiary/aromatic N) is 3. The van der Waals surface area contributed by atoms with Crippen LogP contribution in [-0.4, -0.2) is 19.1 Å². The van der Waals surface area contributed by atoms with Crippen molar-refractivity contribution in [1.29, 1.82) is 0 Å². The summed E-state index contributed by atoms with van der Waals surface area (Å²) >= 11 is 0. The molecule has 2 aliphatic carbocycles. The van der Waals surface area contributed by atoms with Gasteiger partial charge < -0.3 is 4.98 Å². The first-order valence-corrected chi connectivity index (χ1v) is 7.54. The van der Waals surface area contributed by atoms with Crippen molar-refractivity contribution >= 4 is 0 Å². The molecule has 2 aromatic heterocycles. The second kappa shape index (κ2) is 4.79. The minimum Gasteiger partial charge on any atom is -0.310 e. The van der Waals surface area contributed by atoms with Gasteiger partial charge in [-0.1, -0.05) is 0 Å². The molecule has 22 heavy (non-hydrogen) atoms. The maximum absolute atomic E-state index is 12.4. The SMILES string of the molecule is O=c1cc(Cn2c(=O)ccn(C3CC3)c2=O)nc(C2CC2)[nH]1. The Labute approximate surface area is 125 Å². The molecule has 0 aromatic carbocycles. The quantitative estimate of drug-likeness (QED) is 0.882. The van der Waals surface area contributed by atoms with Gasteiger partial charge in [0.25, 0.3) is 11.1 Å².